The van der Waals surface area contributed by atoms with E-state index in [2.05, 4.69) is 10.1 Å². The molecule has 0 aliphatic rings. The van der Waals surface area contributed by atoms with Crippen molar-refractivity contribution in [2.45, 2.75) is 12.7 Å². The molecule has 0 aliphatic carbocycles. The number of halogens is 3. The van der Waals surface area contributed by atoms with E-state index >= 15 is 0 Å². The van der Waals surface area contributed by atoms with Crippen LogP contribution in [-0.4, -0.2) is 30.0 Å². The highest BCUT2D eigenvalue weighted by Gasteiger charge is 2.30. The van der Waals surface area contributed by atoms with E-state index in [1.807, 2.05) is 0 Å². The molecule has 0 bridgehead atoms. The monoisotopic (exact) mass is 443 g/mol. The van der Waals surface area contributed by atoms with Gasteiger partial charge >= 0.3 is 6.18 Å². The van der Waals surface area contributed by atoms with Gasteiger partial charge in [0.1, 0.15) is 11.7 Å². The number of non-ortho nitro benzene ring substituents is 1. The zero-order chi connectivity index (χ0) is 23.0. The van der Waals surface area contributed by atoms with Crippen molar-refractivity contribution in [3.63, 3.8) is 0 Å². The van der Waals surface area contributed by atoms with Gasteiger partial charge in [0.15, 0.2) is 11.4 Å². The zero-order valence-electron chi connectivity index (χ0n) is 16.0. The summed E-state index contributed by atoms with van der Waals surface area (Å²) < 4.78 is 41.1. The number of rotatable bonds is 5. The average Bonchev–Trinajstić information content (AvgIpc) is 3.20. The third-order valence-electron chi connectivity index (χ3n) is 4.67. The second-order valence-electron chi connectivity index (χ2n) is 6.75. The lowest BCUT2D eigenvalue weighted by atomic mass is 10.1. The predicted octanol–water partition coefficient (Wildman–Crippen LogP) is 3.39. The molecule has 0 spiro atoms. The maximum Gasteiger partial charge on any atom is 0.416 e. The van der Waals surface area contributed by atoms with Crippen molar-refractivity contribution >= 4 is 22.5 Å². The number of benzene rings is 2. The number of hydrogen-bond acceptors (Lipinski definition) is 6. The van der Waals surface area contributed by atoms with Crippen molar-refractivity contribution in [2.24, 2.45) is 0 Å². The molecule has 2 aromatic carbocycles. The quantitative estimate of drug-likeness (QED) is 0.265. The molecule has 4 aromatic rings. The highest BCUT2D eigenvalue weighted by atomic mass is 19.4. The van der Waals surface area contributed by atoms with Gasteiger partial charge in [-0.3, -0.25) is 24.3 Å². The molecule has 162 valence electrons. The number of alkyl halides is 3. The SMILES string of the molecule is O=C(Cn1cnc2c(cnn2-c2cccc(C(F)(F)F)c2)c1=O)c1cccc([N+](=O)[O-])c1. The van der Waals surface area contributed by atoms with Crippen molar-refractivity contribution < 1.29 is 22.9 Å². The Morgan fingerprint density at radius 3 is 2.59 bits per heavy atom. The van der Waals surface area contributed by atoms with Gasteiger partial charge in [-0.2, -0.15) is 18.3 Å². The van der Waals surface area contributed by atoms with Crippen LogP contribution < -0.4 is 5.56 Å². The molecule has 0 saturated heterocycles. The number of fused-ring (bicyclic) bond motifs is 1. The van der Waals surface area contributed by atoms with Gasteiger partial charge in [0.25, 0.3) is 11.2 Å². The van der Waals surface area contributed by atoms with Crippen LogP contribution in [-0.2, 0) is 12.7 Å². The average molecular weight is 443 g/mol. The first kappa shape index (κ1) is 20.9. The summed E-state index contributed by atoms with van der Waals surface area (Å²) in [6.45, 7) is -0.433. The molecule has 0 N–H and O–H groups in total. The third kappa shape index (κ3) is 3.85. The Bertz CT molecular complexity index is 1420. The lowest BCUT2D eigenvalue weighted by Crippen LogP contribution is -2.24. The number of nitro benzene ring substituents is 1. The van der Waals surface area contributed by atoms with Gasteiger partial charge in [-0.05, 0) is 18.2 Å². The molecule has 2 heterocycles. The van der Waals surface area contributed by atoms with Gasteiger partial charge < -0.3 is 0 Å². The Kier molecular flexibility index (Phi) is 5.04. The van der Waals surface area contributed by atoms with E-state index in [0.717, 1.165) is 40.0 Å². The number of hydrogen-bond donors (Lipinski definition) is 0. The maximum absolute atomic E-state index is 13.0. The van der Waals surface area contributed by atoms with Crippen LogP contribution in [0.1, 0.15) is 15.9 Å². The fraction of sp³-hybridized carbons (Fsp3) is 0.100. The summed E-state index contributed by atoms with van der Waals surface area (Å²) in [5, 5.41) is 14.9. The lowest BCUT2D eigenvalue weighted by molar-refractivity contribution is -0.384. The summed E-state index contributed by atoms with van der Waals surface area (Å²) in [4.78, 5) is 39.6. The van der Waals surface area contributed by atoms with Crippen LogP contribution in [0.2, 0.25) is 0 Å². The smallest absolute Gasteiger partial charge is 0.292 e. The fourth-order valence-corrected chi connectivity index (χ4v) is 3.10. The van der Waals surface area contributed by atoms with Crippen molar-refractivity contribution in [1.29, 1.82) is 0 Å². The second kappa shape index (κ2) is 7.72. The highest BCUT2D eigenvalue weighted by Crippen LogP contribution is 2.30. The van der Waals surface area contributed by atoms with Crippen LogP contribution in [0.15, 0.2) is 65.8 Å². The van der Waals surface area contributed by atoms with E-state index in [1.54, 1.807) is 0 Å². The number of ketones is 1. The molecule has 0 atom stereocenters. The number of aromatic nitrogens is 4. The van der Waals surface area contributed by atoms with E-state index in [0.29, 0.717) is 0 Å². The van der Waals surface area contributed by atoms with Crippen molar-refractivity contribution in [1.82, 2.24) is 19.3 Å². The number of Topliss-reactive ketones (excluding diaryl/α,β-unsaturated/α-hetero) is 1. The topological polar surface area (TPSA) is 113 Å². The number of nitrogens with zero attached hydrogens (tertiary/aromatic N) is 5. The van der Waals surface area contributed by atoms with Gasteiger partial charge in [0.05, 0.1) is 28.9 Å². The summed E-state index contributed by atoms with van der Waals surface area (Å²) in [6, 6.07) is 9.47. The van der Waals surface area contributed by atoms with E-state index in [4.69, 9.17) is 0 Å². The normalized spacial score (nSPS) is 11.6. The molecule has 0 fully saturated rings. The van der Waals surface area contributed by atoms with Crippen molar-refractivity contribution in [3.05, 3.63) is 92.7 Å². The van der Waals surface area contributed by atoms with E-state index in [1.165, 1.54) is 30.3 Å². The minimum atomic E-state index is -4.55. The first-order chi connectivity index (χ1) is 15.1. The zero-order valence-corrected chi connectivity index (χ0v) is 16.0. The standard InChI is InChI=1S/C20H12F3N5O4/c21-20(22,23)13-4-2-5-14(8-13)27-18-16(9-25-27)19(30)26(11-24-18)10-17(29)12-3-1-6-15(7-12)28(31)32/h1-9,11H,10H2. The van der Waals surface area contributed by atoms with Gasteiger partial charge in [-0.15, -0.1) is 0 Å². The van der Waals surface area contributed by atoms with E-state index in [9.17, 15) is 32.9 Å². The molecule has 4 rings (SSSR count). The van der Waals surface area contributed by atoms with E-state index < -0.39 is 34.6 Å². The molecule has 0 amide bonds. The molecule has 9 nitrogen and oxygen atoms in total. The highest BCUT2D eigenvalue weighted by molar-refractivity contribution is 5.96. The molecule has 12 heteroatoms. The first-order valence-electron chi connectivity index (χ1n) is 9.03. The Hall–Kier alpha value is -4.35. The van der Waals surface area contributed by atoms with Crippen LogP contribution in [0.5, 0.6) is 0 Å². The third-order valence-corrected chi connectivity index (χ3v) is 4.67. The number of carbonyl (C=O) groups is 1. The molecular weight excluding hydrogens is 431 g/mol. The molecule has 0 radical (unpaired) electrons. The predicted molar refractivity (Wildman–Crippen MR) is 106 cm³/mol. The summed E-state index contributed by atoms with van der Waals surface area (Å²) in [5.41, 5.74) is -1.65. The number of carbonyl (C=O) groups excluding carboxylic acids is 1. The van der Waals surface area contributed by atoms with Crippen LogP contribution >= 0.6 is 0 Å². The molecule has 2 aromatic heterocycles. The molecule has 0 saturated carbocycles. The summed E-state index contributed by atoms with van der Waals surface area (Å²) in [6.07, 6.45) is -2.32. The van der Waals surface area contributed by atoms with Gasteiger partial charge in [-0.25, -0.2) is 9.67 Å². The van der Waals surface area contributed by atoms with Gasteiger partial charge in [-0.1, -0.05) is 18.2 Å². The van der Waals surface area contributed by atoms with Crippen LogP contribution in [0, 0.1) is 10.1 Å². The van der Waals surface area contributed by atoms with Crippen molar-refractivity contribution in [3.8, 4) is 5.69 Å². The van der Waals surface area contributed by atoms with Crippen LogP contribution in [0.3, 0.4) is 0 Å². The minimum absolute atomic E-state index is 0.00301. The van der Waals surface area contributed by atoms with Crippen LogP contribution in [0.4, 0.5) is 18.9 Å². The van der Waals surface area contributed by atoms with E-state index in [-0.39, 0.29) is 28.0 Å². The first-order valence-corrected chi connectivity index (χ1v) is 9.03. The lowest BCUT2D eigenvalue weighted by Gasteiger charge is -2.09. The van der Waals surface area contributed by atoms with Gasteiger partial charge in [0.2, 0.25) is 0 Å². The Labute approximate surface area is 176 Å². The Morgan fingerprint density at radius 2 is 1.88 bits per heavy atom. The number of nitro groups is 1. The largest absolute Gasteiger partial charge is 0.416 e. The summed E-state index contributed by atoms with van der Waals surface area (Å²) in [5.74, 6) is -0.553. The van der Waals surface area contributed by atoms with Gasteiger partial charge in [0, 0.05) is 17.7 Å². The van der Waals surface area contributed by atoms with Crippen molar-refractivity contribution in [2.75, 3.05) is 0 Å². The molecule has 32 heavy (non-hydrogen) atoms. The Morgan fingerprint density at radius 1 is 1.12 bits per heavy atom. The summed E-state index contributed by atoms with van der Waals surface area (Å²) >= 11 is 0. The summed E-state index contributed by atoms with van der Waals surface area (Å²) in [7, 11) is 0. The Balaban J connectivity index is 1.68. The second-order valence-corrected chi connectivity index (χ2v) is 6.75. The fourth-order valence-electron chi connectivity index (χ4n) is 3.10. The molecular formula is C20H12F3N5O4. The minimum Gasteiger partial charge on any atom is -0.292 e. The molecule has 0 unspecified atom stereocenters. The molecule has 0 aliphatic heterocycles. The maximum atomic E-state index is 13.0. The van der Waals surface area contributed by atoms with Crippen LogP contribution in [0.25, 0.3) is 16.7 Å².